The molecule has 0 fully saturated rings. The summed E-state index contributed by atoms with van der Waals surface area (Å²) in [5.41, 5.74) is 4.56. The molecule has 1 aromatic carbocycles. The highest BCUT2D eigenvalue weighted by Gasteiger charge is 2.20. The van der Waals surface area contributed by atoms with Crippen LogP contribution in [-0.4, -0.2) is 15.5 Å². The zero-order valence-corrected chi connectivity index (χ0v) is 18.1. The summed E-state index contributed by atoms with van der Waals surface area (Å²) in [4.78, 5) is 32.3. The largest absolute Gasteiger partial charge is 0.348 e. The van der Waals surface area contributed by atoms with Crippen LogP contribution in [0.4, 0.5) is 0 Å². The second-order valence-corrected chi connectivity index (χ2v) is 9.14. The molecule has 4 rings (SSSR count). The highest BCUT2D eigenvalue weighted by atomic mass is 32.1. The first-order valence-corrected chi connectivity index (χ1v) is 11.1. The molecule has 29 heavy (non-hydrogen) atoms. The number of aromatic nitrogens is 2. The van der Waals surface area contributed by atoms with E-state index < -0.39 is 0 Å². The number of thiophene rings is 1. The van der Waals surface area contributed by atoms with E-state index in [2.05, 4.69) is 36.3 Å². The number of rotatable bonds is 4. The molecule has 0 saturated carbocycles. The van der Waals surface area contributed by atoms with Gasteiger partial charge in [-0.05, 0) is 68.7 Å². The van der Waals surface area contributed by atoms with Gasteiger partial charge in [0, 0.05) is 4.88 Å². The molecule has 5 nitrogen and oxygen atoms in total. The Morgan fingerprint density at radius 2 is 2.00 bits per heavy atom. The van der Waals surface area contributed by atoms with Gasteiger partial charge in [0.05, 0.1) is 17.8 Å². The van der Waals surface area contributed by atoms with Crippen molar-refractivity contribution >= 4 is 27.5 Å². The van der Waals surface area contributed by atoms with E-state index in [0.29, 0.717) is 0 Å². The van der Waals surface area contributed by atoms with Gasteiger partial charge in [-0.25, -0.2) is 4.98 Å². The molecule has 1 aliphatic carbocycles. The number of carbonyl (C=O) groups is 1. The van der Waals surface area contributed by atoms with Crippen LogP contribution in [0.25, 0.3) is 10.2 Å². The zero-order chi connectivity index (χ0) is 20.5. The Kier molecular flexibility index (Phi) is 5.54. The highest BCUT2D eigenvalue weighted by Crippen LogP contribution is 2.32. The van der Waals surface area contributed by atoms with Crippen molar-refractivity contribution in [1.82, 2.24) is 14.9 Å². The van der Waals surface area contributed by atoms with E-state index >= 15 is 0 Å². The molecule has 1 amide bonds. The summed E-state index contributed by atoms with van der Waals surface area (Å²) in [6, 6.07) is 6.08. The first-order chi connectivity index (χ1) is 13.9. The van der Waals surface area contributed by atoms with E-state index in [0.717, 1.165) is 35.0 Å². The van der Waals surface area contributed by atoms with Gasteiger partial charge in [0.25, 0.3) is 5.56 Å². The van der Waals surface area contributed by atoms with Gasteiger partial charge in [-0.15, -0.1) is 11.3 Å². The second-order valence-electron chi connectivity index (χ2n) is 8.06. The van der Waals surface area contributed by atoms with Gasteiger partial charge in [0.2, 0.25) is 5.91 Å². The molecule has 0 aliphatic heterocycles. The number of benzene rings is 1. The Morgan fingerprint density at radius 3 is 2.79 bits per heavy atom. The van der Waals surface area contributed by atoms with Crippen molar-refractivity contribution in [2.75, 3.05) is 0 Å². The molecule has 3 aromatic rings. The molecule has 6 heteroatoms. The van der Waals surface area contributed by atoms with E-state index in [9.17, 15) is 9.59 Å². The van der Waals surface area contributed by atoms with E-state index in [4.69, 9.17) is 0 Å². The molecule has 1 N–H and O–H groups in total. The van der Waals surface area contributed by atoms with Crippen LogP contribution in [0.5, 0.6) is 0 Å². The Balaban J connectivity index is 1.55. The first-order valence-electron chi connectivity index (χ1n) is 10.3. The van der Waals surface area contributed by atoms with Gasteiger partial charge < -0.3 is 5.32 Å². The monoisotopic (exact) mass is 409 g/mol. The quantitative estimate of drug-likeness (QED) is 0.656. The number of nitrogens with zero attached hydrogens (tertiary/aromatic N) is 2. The Labute approximate surface area is 174 Å². The van der Waals surface area contributed by atoms with Crippen LogP contribution >= 0.6 is 11.3 Å². The van der Waals surface area contributed by atoms with Gasteiger partial charge in [-0.1, -0.05) is 24.6 Å². The topological polar surface area (TPSA) is 64.0 Å². The minimum atomic E-state index is -0.180. The fourth-order valence-corrected chi connectivity index (χ4v) is 5.25. The van der Waals surface area contributed by atoms with E-state index in [1.165, 1.54) is 45.3 Å². The molecule has 0 radical (unpaired) electrons. The molecular weight excluding hydrogens is 382 g/mol. The minimum Gasteiger partial charge on any atom is -0.348 e. The van der Waals surface area contributed by atoms with Gasteiger partial charge in [-0.2, -0.15) is 0 Å². The number of hydrogen-bond donors (Lipinski definition) is 1. The normalized spacial score (nSPS) is 15.0. The minimum absolute atomic E-state index is 0.0123. The lowest BCUT2D eigenvalue weighted by molar-refractivity contribution is -0.122. The summed E-state index contributed by atoms with van der Waals surface area (Å²) < 4.78 is 1.45. The van der Waals surface area contributed by atoms with Crippen LogP contribution < -0.4 is 10.9 Å². The maximum atomic E-state index is 13.1. The molecule has 2 heterocycles. The lowest BCUT2D eigenvalue weighted by atomic mass is 10.0. The van der Waals surface area contributed by atoms with Crippen LogP contribution in [0, 0.1) is 13.8 Å². The second kappa shape index (κ2) is 8.11. The number of hydrogen-bond acceptors (Lipinski definition) is 4. The molecule has 1 unspecified atom stereocenters. The predicted octanol–water partition coefficient (Wildman–Crippen LogP) is 4.22. The van der Waals surface area contributed by atoms with Crippen LogP contribution in [0.3, 0.4) is 0 Å². The molecule has 152 valence electrons. The smallest absolute Gasteiger partial charge is 0.262 e. The molecule has 1 aliphatic rings. The zero-order valence-electron chi connectivity index (χ0n) is 17.2. The maximum Gasteiger partial charge on any atom is 0.262 e. The third-order valence-electron chi connectivity index (χ3n) is 5.91. The molecule has 0 spiro atoms. The van der Waals surface area contributed by atoms with Crippen molar-refractivity contribution in [3.05, 3.63) is 62.0 Å². The number of carbonyl (C=O) groups excluding carboxylic acids is 1. The Bertz CT molecular complexity index is 1130. The summed E-state index contributed by atoms with van der Waals surface area (Å²) in [6.45, 7) is 6.09. The van der Waals surface area contributed by atoms with Crippen molar-refractivity contribution in [2.45, 2.75) is 65.5 Å². The fraction of sp³-hybridized carbons (Fsp3) is 0.435. The van der Waals surface area contributed by atoms with Crippen molar-refractivity contribution in [1.29, 1.82) is 0 Å². The lowest BCUT2D eigenvalue weighted by Gasteiger charge is -2.16. The summed E-state index contributed by atoms with van der Waals surface area (Å²) in [7, 11) is 0. The summed E-state index contributed by atoms with van der Waals surface area (Å²) in [6.07, 6.45) is 6.97. The van der Waals surface area contributed by atoms with Crippen LogP contribution in [0.15, 0.2) is 29.3 Å². The van der Waals surface area contributed by atoms with Crippen LogP contribution in [-0.2, 0) is 24.2 Å². The third-order valence-corrected chi connectivity index (χ3v) is 7.11. The molecule has 1 atom stereocenters. The Hall–Kier alpha value is -2.47. The average molecular weight is 410 g/mol. The number of nitrogens with one attached hydrogen (secondary N) is 1. The van der Waals surface area contributed by atoms with Gasteiger partial charge in [-0.3, -0.25) is 14.2 Å². The van der Waals surface area contributed by atoms with Gasteiger partial charge in [0.1, 0.15) is 11.4 Å². The molecular formula is C23H27N3O2S. The standard InChI is InChI=1S/C23H27N3O2S/c1-14-9-10-17(11-15(14)2)16(3)25-20(27)12-26-13-24-22-21(23(26)28)18-7-5-4-6-8-19(18)29-22/h9-11,13,16H,4-8,12H2,1-3H3,(H,25,27). The van der Waals surface area contributed by atoms with E-state index in [1.807, 2.05) is 13.0 Å². The van der Waals surface area contributed by atoms with Crippen molar-refractivity contribution in [3.8, 4) is 0 Å². The summed E-state index contributed by atoms with van der Waals surface area (Å²) in [5, 5.41) is 3.74. The molecule has 2 aromatic heterocycles. The van der Waals surface area contributed by atoms with Gasteiger partial charge >= 0.3 is 0 Å². The van der Waals surface area contributed by atoms with Crippen LogP contribution in [0.1, 0.15) is 59.4 Å². The highest BCUT2D eigenvalue weighted by molar-refractivity contribution is 7.18. The summed E-state index contributed by atoms with van der Waals surface area (Å²) in [5.74, 6) is -0.180. The SMILES string of the molecule is Cc1ccc(C(C)NC(=O)Cn2cnc3sc4c(c3c2=O)CCCCC4)cc1C. The molecule has 0 bridgehead atoms. The number of aryl methyl sites for hydroxylation is 4. The van der Waals surface area contributed by atoms with E-state index in [-0.39, 0.29) is 24.1 Å². The fourth-order valence-electron chi connectivity index (χ4n) is 4.03. The lowest BCUT2D eigenvalue weighted by Crippen LogP contribution is -2.34. The van der Waals surface area contributed by atoms with Crippen molar-refractivity contribution < 1.29 is 4.79 Å². The Morgan fingerprint density at radius 1 is 1.21 bits per heavy atom. The van der Waals surface area contributed by atoms with E-state index in [1.54, 1.807) is 11.3 Å². The third kappa shape index (κ3) is 3.99. The molecule has 0 saturated heterocycles. The van der Waals surface area contributed by atoms with Crippen molar-refractivity contribution in [2.24, 2.45) is 0 Å². The summed E-state index contributed by atoms with van der Waals surface area (Å²) >= 11 is 1.64. The van der Waals surface area contributed by atoms with Gasteiger partial charge in [0.15, 0.2) is 0 Å². The number of amides is 1. The first kappa shape index (κ1) is 19.8. The van der Waals surface area contributed by atoms with Crippen molar-refractivity contribution in [3.63, 3.8) is 0 Å². The predicted molar refractivity (Wildman–Crippen MR) is 118 cm³/mol. The maximum absolute atomic E-state index is 13.1. The van der Waals surface area contributed by atoms with Crippen LogP contribution in [0.2, 0.25) is 0 Å². The average Bonchev–Trinajstić information content (AvgIpc) is 2.88. The number of fused-ring (bicyclic) bond motifs is 3.